The molecule has 2 heterocycles. The van der Waals surface area contributed by atoms with Crippen LogP contribution in [0.4, 0.5) is 4.39 Å². The molecular formula is C24H24FN3O3. The topological polar surface area (TPSA) is 64.5 Å². The first-order valence-corrected chi connectivity index (χ1v) is 10.3. The number of hydrogen-bond acceptors (Lipinski definition) is 6. The maximum atomic E-state index is 13.7. The van der Waals surface area contributed by atoms with Crippen molar-refractivity contribution in [3.8, 4) is 17.5 Å². The quantitative estimate of drug-likeness (QED) is 0.523. The van der Waals surface area contributed by atoms with E-state index in [-0.39, 0.29) is 11.7 Å². The molecule has 0 radical (unpaired) electrons. The third kappa shape index (κ3) is 5.24. The van der Waals surface area contributed by atoms with Gasteiger partial charge >= 0.3 is 6.01 Å². The average Bonchev–Trinajstić information content (AvgIpc) is 2.81. The van der Waals surface area contributed by atoms with Gasteiger partial charge in [0, 0.05) is 31.4 Å². The Morgan fingerprint density at radius 1 is 1.16 bits per heavy atom. The van der Waals surface area contributed by atoms with Crippen molar-refractivity contribution in [3.63, 3.8) is 0 Å². The monoisotopic (exact) mass is 421 g/mol. The molecule has 1 fully saturated rings. The zero-order valence-electron chi connectivity index (χ0n) is 17.3. The van der Waals surface area contributed by atoms with Crippen molar-refractivity contribution in [3.05, 3.63) is 77.9 Å². The number of hydrogen-bond donors (Lipinski definition) is 0. The van der Waals surface area contributed by atoms with Crippen LogP contribution in [-0.2, 0) is 6.54 Å². The highest BCUT2D eigenvalue weighted by molar-refractivity contribution is 6.00. The van der Waals surface area contributed by atoms with Crippen LogP contribution in [0.15, 0.2) is 60.9 Å². The first-order chi connectivity index (χ1) is 15.1. The Morgan fingerprint density at radius 3 is 2.68 bits per heavy atom. The predicted octanol–water partition coefficient (Wildman–Crippen LogP) is 4.51. The summed E-state index contributed by atoms with van der Waals surface area (Å²) in [5, 5.41) is 0. The molecule has 3 aromatic rings. The smallest absolute Gasteiger partial charge is 0.321 e. The zero-order chi connectivity index (χ0) is 21.6. The summed E-state index contributed by atoms with van der Waals surface area (Å²) in [6.45, 7) is 2.28. The molecule has 7 heteroatoms. The standard InChI is InChI=1S/C24H24FN3O3/c1-30-22-10-7-19(25)14-21(22)23(29)18-4-2-13-28(16-18)15-17-5-8-20(9-6-17)31-24-26-11-3-12-27-24/h3,5-12,14,18H,2,4,13,15-16H2,1H3/t18-/m0/s1. The van der Waals surface area contributed by atoms with Gasteiger partial charge < -0.3 is 9.47 Å². The number of Topliss-reactive ketones (excluding diaryl/α,β-unsaturated/α-hetero) is 1. The second-order valence-electron chi connectivity index (χ2n) is 7.56. The van der Waals surface area contributed by atoms with E-state index in [0.717, 1.165) is 31.5 Å². The lowest BCUT2D eigenvalue weighted by atomic mass is 9.89. The Labute approximate surface area is 180 Å². The number of aromatic nitrogens is 2. The van der Waals surface area contributed by atoms with Gasteiger partial charge in [-0.15, -0.1) is 0 Å². The maximum absolute atomic E-state index is 13.7. The summed E-state index contributed by atoms with van der Waals surface area (Å²) < 4.78 is 24.6. The number of rotatable bonds is 7. The number of piperidine rings is 1. The third-order valence-electron chi connectivity index (χ3n) is 5.38. The van der Waals surface area contributed by atoms with Crippen LogP contribution >= 0.6 is 0 Å². The molecule has 0 amide bonds. The van der Waals surface area contributed by atoms with E-state index in [2.05, 4.69) is 14.9 Å². The van der Waals surface area contributed by atoms with Gasteiger partial charge in [0.2, 0.25) is 0 Å². The van der Waals surface area contributed by atoms with Crippen LogP contribution in [0.5, 0.6) is 17.5 Å². The molecule has 0 spiro atoms. The largest absolute Gasteiger partial charge is 0.496 e. The normalized spacial score (nSPS) is 16.6. The predicted molar refractivity (Wildman–Crippen MR) is 114 cm³/mol. The molecule has 0 unspecified atom stereocenters. The highest BCUT2D eigenvalue weighted by Gasteiger charge is 2.28. The molecule has 0 N–H and O–H groups in total. The van der Waals surface area contributed by atoms with Crippen molar-refractivity contribution in [2.75, 3.05) is 20.2 Å². The van der Waals surface area contributed by atoms with Gasteiger partial charge in [-0.2, -0.15) is 0 Å². The molecule has 2 aromatic carbocycles. The molecule has 1 saturated heterocycles. The van der Waals surface area contributed by atoms with Gasteiger partial charge in [0.25, 0.3) is 0 Å². The fourth-order valence-electron chi connectivity index (χ4n) is 3.87. The summed E-state index contributed by atoms with van der Waals surface area (Å²) in [4.78, 5) is 23.4. The van der Waals surface area contributed by atoms with Crippen molar-refractivity contribution >= 4 is 5.78 Å². The van der Waals surface area contributed by atoms with Crippen LogP contribution in [0.25, 0.3) is 0 Å². The lowest BCUT2D eigenvalue weighted by Crippen LogP contribution is -2.38. The fourth-order valence-corrected chi connectivity index (χ4v) is 3.87. The van der Waals surface area contributed by atoms with Crippen LogP contribution < -0.4 is 9.47 Å². The maximum Gasteiger partial charge on any atom is 0.321 e. The van der Waals surface area contributed by atoms with Gasteiger partial charge in [-0.05, 0) is 61.3 Å². The van der Waals surface area contributed by atoms with Crippen molar-refractivity contribution in [1.82, 2.24) is 14.9 Å². The second-order valence-corrected chi connectivity index (χ2v) is 7.56. The van der Waals surface area contributed by atoms with Gasteiger partial charge in [-0.25, -0.2) is 14.4 Å². The number of carbonyl (C=O) groups is 1. The molecule has 0 saturated carbocycles. The average molecular weight is 421 g/mol. The van der Waals surface area contributed by atoms with E-state index in [9.17, 15) is 9.18 Å². The van der Waals surface area contributed by atoms with E-state index in [0.29, 0.717) is 29.6 Å². The summed E-state index contributed by atoms with van der Waals surface area (Å²) in [7, 11) is 1.49. The molecule has 1 aromatic heterocycles. The zero-order valence-corrected chi connectivity index (χ0v) is 17.3. The first kappa shape index (κ1) is 20.9. The third-order valence-corrected chi connectivity index (χ3v) is 5.38. The number of halogens is 1. The van der Waals surface area contributed by atoms with Crippen molar-refractivity contribution < 1.29 is 18.7 Å². The van der Waals surface area contributed by atoms with E-state index in [4.69, 9.17) is 9.47 Å². The Morgan fingerprint density at radius 2 is 1.94 bits per heavy atom. The Hall–Kier alpha value is -3.32. The molecule has 1 aliphatic rings. The van der Waals surface area contributed by atoms with Crippen LogP contribution in [0.3, 0.4) is 0 Å². The number of carbonyl (C=O) groups excluding carboxylic acids is 1. The summed E-state index contributed by atoms with van der Waals surface area (Å²) in [6, 6.07) is 13.9. The van der Waals surface area contributed by atoms with Crippen molar-refractivity contribution in [2.24, 2.45) is 5.92 Å². The van der Waals surface area contributed by atoms with Gasteiger partial charge in [0.15, 0.2) is 5.78 Å². The number of methoxy groups -OCH3 is 1. The first-order valence-electron chi connectivity index (χ1n) is 10.3. The minimum atomic E-state index is -0.431. The van der Waals surface area contributed by atoms with Crippen molar-refractivity contribution in [2.45, 2.75) is 19.4 Å². The summed E-state index contributed by atoms with van der Waals surface area (Å²) in [5.74, 6) is 0.413. The molecule has 1 atom stereocenters. The molecule has 0 aliphatic carbocycles. The fraction of sp³-hybridized carbons (Fsp3) is 0.292. The van der Waals surface area contributed by atoms with Crippen LogP contribution in [0, 0.1) is 11.7 Å². The molecule has 0 bridgehead atoms. The van der Waals surface area contributed by atoms with Crippen LogP contribution in [-0.4, -0.2) is 40.9 Å². The summed E-state index contributed by atoms with van der Waals surface area (Å²) in [6.07, 6.45) is 4.97. The number of nitrogens with zero attached hydrogens (tertiary/aromatic N) is 3. The van der Waals surface area contributed by atoms with E-state index >= 15 is 0 Å². The van der Waals surface area contributed by atoms with E-state index < -0.39 is 5.82 Å². The van der Waals surface area contributed by atoms with Gasteiger partial charge in [0.1, 0.15) is 17.3 Å². The van der Waals surface area contributed by atoms with Crippen LogP contribution in [0.2, 0.25) is 0 Å². The van der Waals surface area contributed by atoms with Gasteiger partial charge in [-0.1, -0.05) is 12.1 Å². The number of ketones is 1. The minimum absolute atomic E-state index is 0.0624. The highest BCUT2D eigenvalue weighted by Crippen LogP contribution is 2.28. The van der Waals surface area contributed by atoms with Crippen molar-refractivity contribution in [1.29, 1.82) is 0 Å². The highest BCUT2D eigenvalue weighted by atomic mass is 19.1. The SMILES string of the molecule is COc1ccc(F)cc1C(=O)[C@H]1CCCN(Cc2ccc(Oc3ncccn3)cc2)C1. The molecule has 4 rings (SSSR count). The summed E-state index contributed by atoms with van der Waals surface area (Å²) >= 11 is 0. The molecule has 6 nitrogen and oxygen atoms in total. The Bertz CT molecular complexity index is 1030. The number of benzene rings is 2. The van der Waals surface area contributed by atoms with Gasteiger partial charge in [-0.3, -0.25) is 9.69 Å². The number of likely N-dealkylation sites (tertiary alicyclic amines) is 1. The van der Waals surface area contributed by atoms with E-state index in [1.54, 1.807) is 18.5 Å². The number of ether oxygens (including phenoxy) is 2. The van der Waals surface area contributed by atoms with E-state index in [1.807, 2.05) is 24.3 Å². The molecule has 31 heavy (non-hydrogen) atoms. The minimum Gasteiger partial charge on any atom is -0.496 e. The second kappa shape index (κ2) is 9.66. The molecular weight excluding hydrogens is 397 g/mol. The van der Waals surface area contributed by atoms with E-state index in [1.165, 1.54) is 25.3 Å². The molecule has 160 valence electrons. The lowest BCUT2D eigenvalue weighted by molar-refractivity contribution is 0.0808. The van der Waals surface area contributed by atoms with Gasteiger partial charge in [0.05, 0.1) is 12.7 Å². The summed E-state index contributed by atoms with van der Waals surface area (Å²) in [5.41, 5.74) is 1.44. The Balaban J connectivity index is 1.39. The molecule has 1 aliphatic heterocycles. The van der Waals surface area contributed by atoms with Crippen LogP contribution in [0.1, 0.15) is 28.8 Å². The lowest BCUT2D eigenvalue weighted by Gasteiger charge is -2.32. The Kier molecular flexibility index (Phi) is 6.52.